The molecule has 3 atom stereocenters. The Kier molecular flexibility index (Phi) is 16.1. The van der Waals surface area contributed by atoms with Crippen LogP contribution in [0.15, 0.2) is 0 Å². The number of amides is 3. The third-order valence-electron chi connectivity index (χ3n) is 5.26. The second-order valence-electron chi connectivity index (χ2n) is 9.61. The van der Waals surface area contributed by atoms with Gasteiger partial charge >= 0.3 is 15.4 Å². The number of carbonyl (C=O) groups excluding carboxylic acids is 3. The van der Waals surface area contributed by atoms with E-state index in [1.54, 1.807) is 6.92 Å². The van der Waals surface area contributed by atoms with E-state index in [2.05, 4.69) is 14.2 Å². The number of likely N-dealkylation sites (tertiary alicyclic amines) is 1. The topological polar surface area (TPSA) is 196 Å². The number of imide groups is 1. The van der Waals surface area contributed by atoms with Crippen LogP contribution < -0.4 is 5.32 Å². The summed E-state index contributed by atoms with van der Waals surface area (Å²) in [5.74, 6) is -0.955. The van der Waals surface area contributed by atoms with Crippen LogP contribution in [-0.4, -0.2) is 110 Å². The summed E-state index contributed by atoms with van der Waals surface area (Å²) in [7, 11) is -9.17. The maximum Gasteiger partial charge on any atom is 0.479 e. The first-order chi connectivity index (χ1) is 18.2. The summed E-state index contributed by atoms with van der Waals surface area (Å²) in [5, 5.41) is 1.19. The Labute approximate surface area is 228 Å². The van der Waals surface area contributed by atoms with Gasteiger partial charge in [0.25, 0.3) is 0 Å². The van der Waals surface area contributed by atoms with Crippen LogP contribution in [0.3, 0.4) is 0 Å². The van der Waals surface area contributed by atoms with Crippen LogP contribution >= 0.6 is 15.4 Å². The van der Waals surface area contributed by atoms with Crippen molar-refractivity contribution in [3.05, 3.63) is 0 Å². The van der Waals surface area contributed by atoms with Gasteiger partial charge in [0.15, 0.2) is 0 Å². The summed E-state index contributed by atoms with van der Waals surface area (Å²) in [6.45, 7) is 7.97. The van der Waals surface area contributed by atoms with E-state index in [1.165, 1.54) is 25.7 Å². The van der Waals surface area contributed by atoms with Crippen LogP contribution in [0.2, 0.25) is 0 Å². The van der Waals surface area contributed by atoms with E-state index in [9.17, 15) is 33.3 Å². The molecular weight excluding hydrogens is 562 g/mol. The van der Waals surface area contributed by atoms with Crippen molar-refractivity contribution < 1.29 is 61.1 Å². The van der Waals surface area contributed by atoms with Crippen LogP contribution in [0.1, 0.15) is 40.5 Å². The molecule has 0 aromatic carbocycles. The molecule has 3 N–H and O–H groups in total. The second kappa shape index (κ2) is 17.5. The summed E-state index contributed by atoms with van der Waals surface area (Å²) in [4.78, 5) is 55.7. The highest BCUT2D eigenvalue weighted by Crippen LogP contribution is 2.65. The number of nitrogens with one attached hydrogen (secondary N) is 1. The Hall–Kier alpha value is -1.25. The molecule has 39 heavy (non-hydrogen) atoms. The Morgan fingerprint density at radius 1 is 0.923 bits per heavy atom. The highest BCUT2D eigenvalue weighted by atomic mass is 31.3. The van der Waals surface area contributed by atoms with Crippen molar-refractivity contribution in [3.63, 3.8) is 0 Å². The summed E-state index contributed by atoms with van der Waals surface area (Å²) in [6, 6.07) is 0. The average Bonchev–Trinajstić information content (AvgIpc) is 3.06. The van der Waals surface area contributed by atoms with Crippen molar-refractivity contribution in [1.29, 1.82) is 0 Å². The highest BCUT2D eigenvalue weighted by molar-refractivity contribution is 7.64. The van der Waals surface area contributed by atoms with Crippen LogP contribution in [0.25, 0.3) is 0 Å². The minimum absolute atomic E-state index is 0.0470. The molecule has 0 aliphatic carbocycles. The summed E-state index contributed by atoms with van der Waals surface area (Å²) < 4.78 is 54.1. The van der Waals surface area contributed by atoms with E-state index in [0.29, 0.717) is 33.0 Å². The molecule has 3 amide bonds. The lowest BCUT2D eigenvalue weighted by molar-refractivity contribution is -0.140. The van der Waals surface area contributed by atoms with Gasteiger partial charge in [-0.15, -0.1) is 0 Å². The Balaban J connectivity index is 1.91. The normalized spacial score (nSPS) is 19.2. The first-order valence-electron chi connectivity index (χ1n) is 12.6. The predicted octanol–water partition coefficient (Wildman–Crippen LogP) is 1.07. The molecule has 1 saturated heterocycles. The van der Waals surface area contributed by atoms with Crippen molar-refractivity contribution in [2.24, 2.45) is 5.92 Å². The van der Waals surface area contributed by atoms with Crippen LogP contribution in [0.5, 0.6) is 0 Å². The van der Waals surface area contributed by atoms with E-state index in [-0.39, 0.29) is 69.4 Å². The lowest BCUT2D eigenvalue weighted by atomic mass is 10.1. The van der Waals surface area contributed by atoms with Gasteiger partial charge in [0.1, 0.15) is 0 Å². The summed E-state index contributed by atoms with van der Waals surface area (Å²) in [5.41, 5.74) is 0. The number of phosphoric acid groups is 1. The van der Waals surface area contributed by atoms with Gasteiger partial charge in [0.2, 0.25) is 17.7 Å². The third-order valence-corrected chi connectivity index (χ3v) is 9.17. The molecule has 228 valence electrons. The standard InChI is InChI=1S/C22H42N2O13P2/c1-18-17-20(26)24(21(18)27)7-10-33-12-14-35-16-15-34-13-11-32-8-5-19(25)23-6-9-36-39(30,31)37-38(28,29)22(2,3)4/h18H,5-17H2,1-4H3,(H,23,25)(H,28,29)(H,30,31). The van der Waals surface area contributed by atoms with E-state index >= 15 is 0 Å². The number of nitrogens with zero attached hydrogens (tertiary/aromatic N) is 1. The molecule has 3 unspecified atom stereocenters. The minimum atomic E-state index is -4.77. The zero-order chi connectivity index (χ0) is 29.5. The molecule has 1 heterocycles. The number of rotatable bonds is 21. The van der Waals surface area contributed by atoms with E-state index in [0.717, 1.165) is 0 Å². The molecule has 1 aliphatic rings. The van der Waals surface area contributed by atoms with Gasteiger partial charge in [-0.05, 0) is 20.8 Å². The fourth-order valence-electron chi connectivity index (χ4n) is 2.89. The van der Waals surface area contributed by atoms with Crippen molar-refractivity contribution >= 4 is 33.1 Å². The summed E-state index contributed by atoms with van der Waals surface area (Å²) in [6.07, 6.45) is 0.302. The maximum atomic E-state index is 12.0. The van der Waals surface area contributed by atoms with Crippen molar-refractivity contribution in [3.8, 4) is 0 Å². The van der Waals surface area contributed by atoms with E-state index < -0.39 is 27.2 Å². The van der Waals surface area contributed by atoms with E-state index in [4.69, 9.17) is 18.9 Å². The number of phosphoric ester groups is 1. The number of hydrogen-bond donors (Lipinski definition) is 3. The molecular formula is C22H42N2O13P2. The fourth-order valence-corrected chi connectivity index (χ4v) is 5.50. The van der Waals surface area contributed by atoms with Gasteiger partial charge in [0, 0.05) is 25.3 Å². The molecule has 0 saturated carbocycles. The fraction of sp³-hybridized carbons (Fsp3) is 0.864. The predicted molar refractivity (Wildman–Crippen MR) is 138 cm³/mol. The first-order valence-corrected chi connectivity index (χ1v) is 15.7. The largest absolute Gasteiger partial charge is 0.479 e. The molecule has 1 rings (SSSR count). The molecule has 0 spiro atoms. The van der Waals surface area contributed by atoms with Crippen LogP contribution in [0.4, 0.5) is 0 Å². The molecule has 17 heteroatoms. The van der Waals surface area contributed by atoms with Gasteiger partial charge in [-0.3, -0.25) is 28.4 Å². The van der Waals surface area contributed by atoms with Crippen molar-refractivity contribution in [2.75, 3.05) is 72.6 Å². The number of hydrogen-bond acceptors (Lipinski definition) is 11. The Morgan fingerprint density at radius 2 is 1.44 bits per heavy atom. The van der Waals surface area contributed by atoms with Crippen LogP contribution in [-0.2, 0) is 51.3 Å². The molecule has 0 radical (unpaired) electrons. The monoisotopic (exact) mass is 604 g/mol. The second-order valence-corrected chi connectivity index (χ2v) is 13.8. The minimum Gasteiger partial charge on any atom is -0.379 e. The molecule has 0 bridgehead atoms. The van der Waals surface area contributed by atoms with Gasteiger partial charge in [-0.2, -0.15) is 0 Å². The zero-order valence-electron chi connectivity index (χ0n) is 23.0. The maximum absolute atomic E-state index is 12.0. The Bertz CT molecular complexity index is 881. The molecule has 0 aromatic heterocycles. The van der Waals surface area contributed by atoms with Gasteiger partial charge in [-0.1, -0.05) is 6.92 Å². The van der Waals surface area contributed by atoms with E-state index in [1.807, 2.05) is 0 Å². The first kappa shape index (κ1) is 35.8. The SMILES string of the molecule is CC1CC(=O)N(CCOCCOCCOCCOCCC(=O)NCCOP(=O)(O)OP(=O)(O)C(C)(C)C)C1=O. The number of ether oxygens (including phenoxy) is 4. The van der Waals surface area contributed by atoms with Gasteiger partial charge < -0.3 is 34.1 Å². The van der Waals surface area contributed by atoms with Crippen molar-refractivity contribution in [1.82, 2.24) is 10.2 Å². The smallest absolute Gasteiger partial charge is 0.379 e. The lowest BCUT2D eigenvalue weighted by Gasteiger charge is -2.26. The third kappa shape index (κ3) is 14.8. The molecule has 1 fully saturated rings. The molecule has 1 aliphatic heterocycles. The number of carbonyl (C=O) groups is 3. The quantitative estimate of drug-likeness (QED) is 0.0957. The zero-order valence-corrected chi connectivity index (χ0v) is 24.8. The highest BCUT2D eigenvalue weighted by Gasteiger charge is 2.43. The van der Waals surface area contributed by atoms with Crippen molar-refractivity contribution in [2.45, 2.75) is 45.7 Å². The Morgan fingerprint density at radius 3 is 1.92 bits per heavy atom. The molecule has 0 aromatic rings. The van der Waals surface area contributed by atoms with Gasteiger partial charge in [0.05, 0.1) is 71.2 Å². The average molecular weight is 605 g/mol. The summed E-state index contributed by atoms with van der Waals surface area (Å²) >= 11 is 0. The molecule has 15 nitrogen and oxygen atoms in total. The van der Waals surface area contributed by atoms with Crippen LogP contribution in [0, 0.1) is 5.92 Å². The lowest BCUT2D eigenvalue weighted by Crippen LogP contribution is -2.33. The van der Waals surface area contributed by atoms with Gasteiger partial charge in [-0.25, -0.2) is 8.88 Å².